The van der Waals surface area contributed by atoms with Crippen molar-refractivity contribution in [1.29, 1.82) is 0 Å². The minimum atomic E-state index is -3.17. The highest BCUT2D eigenvalue weighted by Gasteiger charge is 2.06. The lowest BCUT2D eigenvalue weighted by molar-refractivity contribution is 0.240. The molecule has 2 N–H and O–H groups in total. The van der Waals surface area contributed by atoms with Crippen molar-refractivity contribution in [3.63, 3.8) is 0 Å². The van der Waals surface area contributed by atoms with E-state index in [1.54, 1.807) is 24.3 Å². The van der Waals surface area contributed by atoms with E-state index in [9.17, 15) is 13.2 Å². The first kappa shape index (κ1) is 15.5. The van der Waals surface area contributed by atoms with E-state index >= 15 is 0 Å². The number of urea groups is 1. The largest absolute Gasteiger partial charge is 0.338 e. The number of benzene rings is 1. The van der Waals surface area contributed by atoms with Gasteiger partial charge in [0.25, 0.3) is 0 Å². The van der Waals surface area contributed by atoms with E-state index in [1.807, 2.05) is 0 Å². The van der Waals surface area contributed by atoms with Crippen LogP contribution in [-0.4, -0.2) is 27.2 Å². The molecule has 1 aromatic rings. The van der Waals surface area contributed by atoms with Gasteiger partial charge in [0, 0.05) is 19.3 Å². The molecule has 0 fully saturated rings. The first-order valence-electron chi connectivity index (χ1n) is 6.24. The van der Waals surface area contributed by atoms with Gasteiger partial charge in [-0.25, -0.2) is 13.2 Å². The highest BCUT2D eigenvalue weighted by atomic mass is 32.2. The lowest BCUT2D eigenvalue weighted by Gasteiger charge is -2.07. The van der Waals surface area contributed by atoms with E-state index in [4.69, 9.17) is 0 Å². The highest BCUT2D eigenvalue weighted by Crippen LogP contribution is 2.09. The molecule has 0 bridgehead atoms. The molecular formula is C13H20N2O3S. The number of carbonyl (C=O) groups is 1. The second kappa shape index (κ2) is 7.13. The molecule has 0 saturated heterocycles. The lowest BCUT2D eigenvalue weighted by atomic mass is 10.2. The highest BCUT2D eigenvalue weighted by molar-refractivity contribution is 7.90. The van der Waals surface area contributed by atoms with Gasteiger partial charge >= 0.3 is 6.03 Å². The summed E-state index contributed by atoms with van der Waals surface area (Å²) >= 11 is 0. The molecule has 0 saturated carbocycles. The van der Waals surface area contributed by atoms with Gasteiger partial charge in [0.2, 0.25) is 0 Å². The normalized spacial score (nSPS) is 11.1. The van der Waals surface area contributed by atoms with Crippen LogP contribution in [0.15, 0.2) is 29.2 Å². The molecule has 2 amide bonds. The lowest BCUT2D eigenvalue weighted by Crippen LogP contribution is -2.35. The number of rotatable bonds is 6. The van der Waals surface area contributed by atoms with Gasteiger partial charge in [-0.1, -0.05) is 25.5 Å². The second-order valence-electron chi connectivity index (χ2n) is 4.38. The summed E-state index contributed by atoms with van der Waals surface area (Å²) in [6.07, 6.45) is 3.16. The molecular weight excluding hydrogens is 264 g/mol. The maximum atomic E-state index is 11.4. The molecule has 0 unspecified atom stereocenters. The van der Waals surface area contributed by atoms with Crippen LogP contribution >= 0.6 is 0 Å². The summed E-state index contributed by atoms with van der Waals surface area (Å²) in [5.74, 6) is 0. The molecule has 19 heavy (non-hydrogen) atoms. The Morgan fingerprint density at radius 3 is 2.32 bits per heavy atom. The minimum Gasteiger partial charge on any atom is -0.338 e. The Bertz CT molecular complexity index is 509. The summed E-state index contributed by atoms with van der Waals surface area (Å²) in [6, 6.07) is 6.27. The van der Waals surface area contributed by atoms with Gasteiger partial charge < -0.3 is 10.6 Å². The number of nitrogens with one attached hydrogen (secondary N) is 2. The Balaban J connectivity index is 2.44. The van der Waals surface area contributed by atoms with Crippen LogP contribution in [-0.2, 0) is 16.4 Å². The third kappa shape index (κ3) is 5.74. The number of unbranched alkanes of at least 4 members (excludes halogenated alkanes) is 1. The Morgan fingerprint density at radius 1 is 1.16 bits per heavy atom. The molecule has 6 heteroatoms. The van der Waals surface area contributed by atoms with Crippen molar-refractivity contribution in [3.8, 4) is 0 Å². The molecule has 1 rings (SSSR count). The zero-order valence-corrected chi connectivity index (χ0v) is 12.1. The Kier molecular flexibility index (Phi) is 5.82. The summed E-state index contributed by atoms with van der Waals surface area (Å²) in [5.41, 5.74) is 0.859. The average Bonchev–Trinajstić information content (AvgIpc) is 2.36. The molecule has 0 aliphatic rings. The molecule has 106 valence electrons. The molecule has 0 aliphatic heterocycles. The Morgan fingerprint density at radius 2 is 1.79 bits per heavy atom. The Labute approximate surface area is 114 Å². The van der Waals surface area contributed by atoms with Gasteiger partial charge in [-0.2, -0.15) is 0 Å². The maximum Gasteiger partial charge on any atom is 0.315 e. The fourth-order valence-electron chi connectivity index (χ4n) is 1.48. The van der Waals surface area contributed by atoms with E-state index in [0.717, 1.165) is 18.4 Å². The van der Waals surface area contributed by atoms with Crippen molar-refractivity contribution < 1.29 is 13.2 Å². The van der Waals surface area contributed by atoms with E-state index in [1.165, 1.54) is 6.26 Å². The van der Waals surface area contributed by atoms with Crippen LogP contribution in [0.25, 0.3) is 0 Å². The van der Waals surface area contributed by atoms with Crippen molar-refractivity contribution in [3.05, 3.63) is 29.8 Å². The van der Waals surface area contributed by atoms with Gasteiger partial charge in [-0.15, -0.1) is 0 Å². The summed E-state index contributed by atoms with van der Waals surface area (Å²) in [6.45, 7) is 3.10. The summed E-state index contributed by atoms with van der Waals surface area (Å²) < 4.78 is 22.6. The minimum absolute atomic E-state index is 0.208. The van der Waals surface area contributed by atoms with Crippen LogP contribution < -0.4 is 10.6 Å². The fourth-order valence-corrected chi connectivity index (χ4v) is 2.11. The van der Waals surface area contributed by atoms with Crippen LogP contribution in [0.5, 0.6) is 0 Å². The monoisotopic (exact) mass is 284 g/mol. The predicted molar refractivity (Wildman–Crippen MR) is 74.7 cm³/mol. The van der Waals surface area contributed by atoms with E-state index < -0.39 is 9.84 Å². The third-order valence-corrected chi connectivity index (χ3v) is 3.75. The standard InChI is InChI=1S/C13H20N2O3S/c1-3-4-9-14-13(16)15-10-11-5-7-12(8-6-11)19(2,17)18/h5-8H,3-4,9-10H2,1-2H3,(H2,14,15,16). The van der Waals surface area contributed by atoms with Crippen LogP contribution in [0.2, 0.25) is 0 Å². The molecule has 0 aliphatic carbocycles. The van der Waals surface area contributed by atoms with Gasteiger partial charge in [0.1, 0.15) is 0 Å². The van der Waals surface area contributed by atoms with Crippen LogP contribution in [0, 0.1) is 0 Å². The van der Waals surface area contributed by atoms with Crippen LogP contribution in [0.1, 0.15) is 25.3 Å². The van der Waals surface area contributed by atoms with E-state index in [2.05, 4.69) is 17.6 Å². The number of hydrogen-bond acceptors (Lipinski definition) is 3. The smallest absolute Gasteiger partial charge is 0.315 e. The number of amides is 2. The van der Waals surface area contributed by atoms with Crippen molar-refractivity contribution in [2.75, 3.05) is 12.8 Å². The third-order valence-electron chi connectivity index (χ3n) is 2.62. The van der Waals surface area contributed by atoms with Gasteiger partial charge in [0.05, 0.1) is 4.90 Å². The average molecular weight is 284 g/mol. The van der Waals surface area contributed by atoms with Gasteiger partial charge in [-0.3, -0.25) is 0 Å². The molecule has 5 nitrogen and oxygen atoms in total. The van der Waals surface area contributed by atoms with E-state index in [-0.39, 0.29) is 10.9 Å². The van der Waals surface area contributed by atoms with Crippen molar-refractivity contribution in [2.45, 2.75) is 31.2 Å². The van der Waals surface area contributed by atoms with Crippen LogP contribution in [0.3, 0.4) is 0 Å². The topological polar surface area (TPSA) is 75.3 Å². The fraction of sp³-hybridized carbons (Fsp3) is 0.462. The van der Waals surface area contributed by atoms with Crippen molar-refractivity contribution in [2.24, 2.45) is 0 Å². The molecule has 0 heterocycles. The number of hydrogen-bond donors (Lipinski definition) is 2. The second-order valence-corrected chi connectivity index (χ2v) is 6.39. The number of sulfone groups is 1. The molecule has 1 aromatic carbocycles. The molecule has 0 aromatic heterocycles. The summed E-state index contributed by atoms with van der Waals surface area (Å²) in [5, 5.41) is 5.46. The maximum absolute atomic E-state index is 11.4. The Hall–Kier alpha value is -1.56. The van der Waals surface area contributed by atoms with Crippen molar-refractivity contribution >= 4 is 15.9 Å². The van der Waals surface area contributed by atoms with Gasteiger partial charge in [0.15, 0.2) is 9.84 Å². The van der Waals surface area contributed by atoms with Crippen LogP contribution in [0.4, 0.5) is 4.79 Å². The molecule has 0 radical (unpaired) electrons. The predicted octanol–water partition coefficient (Wildman–Crippen LogP) is 1.69. The first-order valence-corrected chi connectivity index (χ1v) is 8.13. The van der Waals surface area contributed by atoms with Crippen molar-refractivity contribution in [1.82, 2.24) is 10.6 Å². The number of carbonyl (C=O) groups excluding carboxylic acids is 1. The van der Waals surface area contributed by atoms with Gasteiger partial charge in [-0.05, 0) is 24.1 Å². The molecule has 0 atom stereocenters. The quantitative estimate of drug-likeness (QED) is 0.781. The SMILES string of the molecule is CCCCNC(=O)NCc1ccc(S(C)(=O)=O)cc1. The first-order chi connectivity index (χ1) is 8.93. The molecule has 0 spiro atoms. The summed E-state index contributed by atoms with van der Waals surface area (Å²) in [4.78, 5) is 11.7. The van der Waals surface area contributed by atoms with E-state index in [0.29, 0.717) is 13.1 Å². The zero-order chi connectivity index (χ0) is 14.3. The summed E-state index contributed by atoms with van der Waals surface area (Å²) in [7, 11) is -3.17. The zero-order valence-electron chi connectivity index (χ0n) is 11.3.